The number of benzene rings is 1. The first-order chi connectivity index (χ1) is 8.24. The Morgan fingerprint density at radius 3 is 2.94 bits per heavy atom. The highest BCUT2D eigenvalue weighted by Gasteiger charge is 2.17. The Labute approximate surface area is 99.4 Å². The van der Waals surface area contributed by atoms with Crippen molar-refractivity contribution in [1.29, 1.82) is 0 Å². The summed E-state index contributed by atoms with van der Waals surface area (Å²) < 4.78 is 4.79. The zero-order valence-corrected chi connectivity index (χ0v) is 9.95. The van der Waals surface area contributed by atoms with Crippen LogP contribution >= 0.6 is 9.47 Å². The summed E-state index contributed by atoms with van der Waals surface area (Å²) in [7, 11) is 2.08. The summed E-state index contributed by atoms with van der Waals surface area (Å²) in [5.41, 5.74) is 1.05. The molecule has 88 valence electrons. The van der Waals surface area contributed by atoms with Crippen LogP contribution in [0.5, 0.6) is 0 Å². The molecule has 1 aromatic heterocycles. The lowest BCUT2D eigenvalue weighted by Crippen LogP contribution is -2.05. The Morgan fingerprint density at radius 1 is 1.47 bits per heavy atom. The maximum Gasteiger partial charge on any atom is 0.311 e. The van der Waals surface area contributed by atoms with E-state index in [9.17, 15) is 10.1 Å². The van der Waals surface area contributed by atoms with Crippen LogP contribution in [0.15, 0.2) is 30.5 Å². The van der Waals surface area contributed by atoms with Gasteiger partial charge in [-0.05, 0) is 6.07 Å². The summed E-state index contributed by atoms with van der Waals surface area (Å²) >= 11 is 0. The van der Waals surface area contributed by atoms with Gasteiger partial charge in [-0.2, -0.15) is 0 Å². The molecule has 0 bridgehead atoms. The molecular formula is C10H10N3O3P. The van der Waals surface area contributed by atoms with Gasteiger partial charge in [0.15, 0.2) is 0 Å². The minimum atomic E-state index is -0.468. The topological polar surface area (TPSA) is 77.3 Å². The average molecular weight is 251 g/mol. The minimum Gasteiger partial charge on any atom is -0.356 e. The highest BCUT2D eigenvalue weighted by atomic mass is 31.0. The first-order valence-corrected chi connectivity index (χ1v) is 5.29. The van der Waals surface area contributed by atoms with Crippen molar-refractivity contribution in [3.8, 4) is 0 Å². The Bertz CT molecular complexity index is 561. The number of anilines is 1. The zero-order chi connectivity index (χ0) is 12.3. The monoisotopic (exact) mass is 251 g/mol. The van der Waals surface area contributed by atoms with Crippen LogP contribution in [0, 0.1) is 10.1 Å². The predicted molar refractivity (Wildman–Crippen MR) is 67.7 cm³/mol. The lowest BCUT2D eigenvalue weighted by atomic mass is 10.1. The number of rotatable bonds is 4. The molecule has 0 aliphatic carbocycles. The van der Waals surface area contributed by atoms with E-state index in [0.717, 1.165) is 0 Å². The van der Waals surface area contributed by atoms with Gasteiger partial charge < -0.3 is 9.84 Å². The maximum atomic E-state index is 10.9. The molecule has 0 amide bonds. The number of nitrogens with one attached hydrogen (secondary N) is 1. The van der Waals surface area contributed by atoms with E-state index in [0.29, 0.717) is 16.6 Å². The van der Waals surface area contributed by atoms with Crippen LogP contribution in [0.2, 0.25) is 0 Å². The molecule has 0 aliphatic rings. The fourth-order valence-electron chi connectivity index (χ4n) is 1.57. The molecule has 6 nitrogen and oxygen atoms in total. The third-order valence-electron chi connectivity index (χ3n) is 2.28. The van der Waals surface area contributed by atoms with E-state index in [2.05, 4.69) is 19.8 Å². The van der Waals surface area contributed by atoms with Crippen molar-refractivity contribution in [2.75, 3.05) is 12.0 Å². The lowest BCUT2D eigenvalue weighted by Gasteiger charge is -2.08. The minimum absolute atomic E-state index is 0.0641. The molecule has 1 N–H and O–H groups in total. The molecule has 0 spiro atoms. The Morgan fingerprint density at radius 2 is 2.24 bits per heavy atom. The highest BCUT2D eigenvalue weighted by molar-refractivity contribution is 7.09. The molecule has 2 rings (SSSR count). The van der Waals surface area contributed by atoms with Gasteiger partial charge in [0.05, 0.1) is 10.4 Å². The first kappa shape index (κ1) is 11.7. The molecule has 2 aromatic rings. The summed E-state index contributed by atoms with van der Waals surface area (Å²) in [5, 5.41) is 14.5. The molecular weight excluding hydrogens is 241 g/mol. The van der Waals surface area contributed by atoms with E-state index in [4.69, 9.17) is 4.52 Å². The van der Waals surface area contributed by atoms with Crippen molar-refractivity contribution >= 4 is 31.7 Å². The van der Waals surface area contributed by atoms with Gasteiger partial charge in [-0.3, -0.25) is 10.1 Å². The van der Waals surface area contributed by atoms with Gasteiger partial charge in [-0.1, -0.05) is 18.2 Å². The fraction of sp³-hybridized carbons (Fsp3) is 0.100. The van der Waals surface area contributed by atoms with Gasteiger partial charge in [-0.15, -0.1) is 0 Å². The van der Waals surface area contributed by atoms with Crippen LogP contribution in [0.4, 0.5) is 11.4 Å². The Kier molecular flexibility index (Phi) is 3.46. The predicted octanol–water partition coefficient (Wildman–Crippen LogP) is 2.32. The Hall–Kier alpha value is -1.78. The third kappa shape index (κ3) is 2.33. The van der Waals surface area contributed by atoms with Gasteiger partial charge in [0.1, 0.15) is 18.6 Å². The van der Waals surface area contributed by atoms with Crippen LogP contribution in [0.1, 0.15) is 0 Å². The molecule has 17 heavy (non-hydrogen) atoms. The van der Waals surface area contributed by atoms with Gasteiger partial charge >= 0.3 is 5.69 Å². The zero-order valence-electron chi connectivity index (χ0n) is 8.79. The normalized spacial score (nSPS) is 10.4. The standard InChI is InChI=1S/C10H10N3O3P/c14-13(15)9-5-11-8-4-2-1-3-7(8)10(9)12-6-16-17/h1-5H,6,17H2,(H,11,12). The van der Waals surface area contributed by atoms with E-state index < -0.39 is 4.92 Å². The van der Waals surface area contributed by atoms with Crippen LogP contribution < -0.4 is 5.32 Å². The summed E-state index contributed by atoms with van der Waals surface area (Å²) in [4.78, 5) is 14.5. The summed E-state index contributed by atoms with van der Waals surface area (Å²) in [6.45, 7) is 0.166. The van der Waals surface area contributed by atoms with Crippen molar-refractivity contribution < 1.29 is 9.45 Å². The number of nitro groups is 1. The van der Waals surface area contributed by atoms with E-state index in [-0.39, 0.29) is 12.4 Å². The molecule has 7 heteroatoms. The van der Waals surface area contributed by atoms with Gasteiger partial charge in [0.2, 0.25) is 0 Å². The van der Waals surface area contributed by atoms with E-state index in [1.165, 1.54) is 6.20 Å². The van der Waals surface area contributed by atoms with Crippen LogP contribution in [0.25, 0.3) is 10.9 Å². The van der Waals surface area contributed by atoms with Gasteiger partial charge in [0, 0.05) is 14.9 Å². The van der Waals surface area contributed by atoms with Crippen LogP contribution in [-0.2, 0) is 4.52 Å². The largest absolute Gasteiger partial charge is 0.356 e. The highest BCUT2D eigenvalue weighted by Crippen LogP contribution is 2.31. The molecule has 0 radical (unpaired) electrons. The number of fused-ring (bicyclic) bond motifs is 1. The second-order valence-corrected chi connectivity index (χ2v) is 3.61. The fourth-order valence-corrected chi connectivity index (χ4v) is 1.65. The molecule has 1 atom stereocenters. The average Bonchev–Trinajstić information content (AvgIpc) is 2.35. The first-order valence-electron chi connectivity index (χ1n) is 4.81. The lowest BCUT2D eigenvalue weighted by molar-refractivity contribution is -0.384. The maximum absolute atomic E-state index is 10.9. The van der Waals surface area contributed by atoms with Crippen LogP contribution in [-0.4, -0.2) is 16.6 Å². The van der Waals surface area contributed by atoms with Crippen molar-refractivity contribution in [2.45, 2.75) is 0 Å². The van der Waals surface area contributed by atoms with Crippen molar-refractivity contribution in [2.24, 2.45) is 0 Å². The molecule has 0 aliphatic heterocycles. The molecule has 1 heterocycles. The summed E-state index contributed by atoms with van der Waals surface area (Å²) in [6.07, 6.45) is 1.24. The van der Waals surface area contributed by atoms with Crippen molar-refractivity contribution in [1.82, 2.24) is 4.98 Å². The van der Waals surface area contributed by atoms with Gasteiger partial charge in [0.25, 0.3) is 0 Å². The molecule has 0 saturated heterocycles. The van der Waals surface area contributed by atoms with Crippen molar-refractivity contribution in [3.05, 3.63) is 40.6 Å². The van der Waals surface area contributed by atoms with Gasteiger partial charge in [-0.25, -0.2) is 4.98 Å². The van der Waals surface area contributed by atoms with Crippen LogP contribution in [0.3, 0.4) is 0 Å². The second-order valence-electron chi connectivity index (χ2n) is 3.28. The smallest absolute Gasteiger partial charge is 0.311 e. The number of hydrogen-bond acceptors (Lipinski definition) is 5. The molecule has 1 unspecified atom stereocenters. The third-order valence-corrected chi connectivity index (χ3v) is 2.45. The second kappa shape index (κ2) is 5.03. The molecule has 0 fully saturated rings. The molecule has 0 saturated carbocycles. The quantitative estimate of drug-likeness (QED) is 0.390. The van der Waals surface area contributed by atoms with Crippen molar-refractivity contribution in [3.63, 3.8) is 0 Å². The molecule has 1 aromatic carbocycles. The number of para-hydroxylation sites is 1. The SMILES string of the molecule is O=[N+]([O-])c1cnc2ccccc2c1NCOP. The number of aromatic nitrogens is 1. The van der Waals surface area contributed by atoms with E-state index in [1.807, 2.05) is 6.07 Å². The van der Waals surface area contributed by atoms with E-state index >= 15 is 0 Å². The summed E-state index contributed by atoms with van der Waals surface area (Å²) in [6, 6.07) is 7.21. The number of hydrogen-bond donors (Lipinski definition) is 1. The van der Waals surface area contributed by atoms with E-state index in [1.54, 1.807) is 18.2 Å². The number of pyridine rings is 1. The summed E-state index contributed by atoms with van der Waals surface area (Å²) in [5.74, 6) is 0. The number of nitrogens with zero attached hydrogens (tertiary/aromatic N) is 2. The Balaban J connectivity index is 2.61.